The van der Waals surface area contributed by atoms with Gasteiger partial charge in [-0.2, -0.15) is 5.10 Å². The second kappa shape index (κ2) is 7.20. The van der Waals surface area contributed by atoms with Crippen LogP contribution in [0.15, 0.2) is 60.7 Å². The Hall–Kier alpha value is -3.19. The molecule has 7 heteroatoms. The van der Waals surface area contributed by atoms with E-state index in [4.69, 9.17) is 4.74 Å². The highest BCUT2D eigenvalue weighted by Crippen LogP contribution is 2.27. The van der Waals surface area contributed by atoms with Gasteiger partial charge in [-0.3, -0.25) is 9.48 Å². The van der Waals surface area contributed by atoms with Crippen molar-refractivity contribution in [2.75, 3.05) is 18.1 Å². The minimum atomic E-state index is -0.381. The number of carbonyl (C=O) groups excluding carboxylic acids is 1. The molecular weight excluding hydrogens is 349 g/mol. The lowest BCUT2D eigenvalue weighted by molar-refractivity contribution is 0.0934. The molecule has 0 aliphatic carbocycles. The minimum absolute atomic E-state index is 0.168. The van der Waals surface area contributed by atoms with E-state index in [-0.39, 0.29) is 37.5 Å². The average Bonchev–Trinajstić information content (AvgIpc) is 3.13. The fourth-order valence-corrected chi connectivity index (χ4v) is 3.12. The Bertz CT molecular complexity index is 941. The van der Waals surface area contributed by atoms with Crippen LogP contribution in [0.25, 0.3) is 0 Å². The van der Waals surface area contributed by atoms with Crippen LogP contribution in [0.3, 0.4) is 0 Å². The Morgan fingerprint density at radius 1 is 1.15 bits per heavy atom. The third-order valence-electron chi connectivity index (χ3n) is 4.47. The maximum Gasteiger partial charge on any atom is 0.276 e. The van der Waals surface area contributed by atoms with E-state index in [1.54, 1.807) is 22.9 Å². The SMILES string of the molecule is O=C1c2cc(COc3ccccc3)nn2C(CO)CN1c1ccc(F)cc1. The lowest BCUT2D eigenvalue weighted by Crippen LogP contribution is -2.44. The molecule has 1 N–H and O–H groups in total. The number of aliphatic hydroxyl groups excluding tert-OH is 1. The van der Waals surface area contributed by atoms with Crippen LogP contribution >= 0.6 is 0 Å². The number of para-hydroxylation sites is 1. The van der Waals surface area contributed by atoms with Gasteiger partial charge in [-0.05, 0) is 42.5 Å². The van der Waals surface area contributed by atoms with E-state index in [1.807, 2.05) is 30.3 Å². The van der Waals surface area contributed by atoms with E-state index in [0.717, 1.165) is 0 Å². The lowest BCUT2D eigenvalue weighted by Gasteiger charge is -2.32. The summed E-state index contributed by atoms with van der Waals surface area (Å²) in [5, 5.41) is 14.2. The summed E-state index contributed by atoms with van der Waals surface area (Å²) in [6.07, 6.45) is 0. The van der Waals surface area contributed by atoms with E-state index in [9.17, 15) is 14.3 Å². The normalized spacial score (nSPS) is 16.3. The highest BCUT2D eigenvalue weighted by Gasteiger charge is 2.33. The second-order valence-corrected chi connectivity index (χ2v) is 6.30. The number of nitrogens with zero attached hydrogens (tertiary/aromatic N) is 3. The predicted octanol–water partition coefficient (Wildman–Crippen LogP) is 2.80. The molecule has 0 spiro atoms. The molecule has 1 aromatic heterocycles. The van der Waals surface area contributed by atoms with Gasteiger partial charge >= 0.3 is 0 Å². The molecule has 1 amide bonds. The van der Waals surface area contributed by atoms with Crippen LogP contribution in [0.2, 0.25) is 0 Å². The van der Waals surface area contributed by atoms with Gasteiger partial charge in [-0.15, -0.1) is 0 Å². The number of anilines is 1. The lowest BCUT2D eigenvalue weighted by atomic mass is 10.1. The average molecular weight is 367 g/mol. The third-order valence-corrected chi connectivity index (χ3v) is 4.47. The molecule has 3 aromatic rings. The maximum absolute atomic E-state index is 13.2. The number of halogens is 1. The highest BCUT2D eigenvalue weighted by molar-refractivity contribution is 6.05. The summed E-state index contributed by atoms with van der Waals surface area (Å²) in [7, 11) is 0. The molecule has 1 aliphatic rings. The smallest absolute Gasteiger partial charge is 0.276 e. The first kappa shape index (κ1) is 17.2. The third kappa shape index (κ3) is 3.41. The van der Waals surface area contributed by atoms with Gasteiger partial charge < -0.3 is 14.7 Å². The summed E-state index contributed by atoms with van der Waals surface area (Å²) < 4.78 is 20.4. The van der Waals surface area contributed by atoms with Crippen molar-refractivity contribution in [2.24, 2.45) is 0 Å². The van der Waals surface area contributed by atoms with Crippen molar-refractivity contribution in [2.45, 2.75) is 12.6 Å². The Kier molecular flexibility index (Phi) is 4.60. The second-order valence-electron chi connectivity index (χ2n) is 6.30. The van der Waals surface area contributed by atoms with Crippen LogP contribution in [-0.2, 0) is 6.61 Å². The van der Waals surface area contributed by atoms with Gasteiger partial charge in [-0.25, -0.2) is 4.39 Å². The summed E-state index contributed by atoms with van der Waals surface area (Å²) in [5.41, 5.74) is 1.55. The maximum atomic E-state index is 13.2. The van der Waals surface area contributed by atoms with Gasteiger partial charge in [0.2, 0.25) is 0 Å². The van der Waals surface area contributed by atoms with E-state index in [0.29, 0.717) is 22.8 Å². The number of hydrogen-bond donors (Lipinski definition) is 1. The van der Waals surface area contributed by atoms with Crippen molar-refractivity contribution in [1.82, 2.24) is 9.78 Å². The number of rotatable bonds is 5. The number of aromatic nitrogens is 2. The fourth-order valence-electron chi connectivity index (χ4n) is 3.12. The van der Waals surface area contributed by atoms with Gasteiger partial charge in [0, 0.05) is 5.69 Å². The summed E-state index contributed by atoms with van der Waals surface area (Å²) >= 11 is 0. The molecule has 0 radical (unpaired) electrons. The standard InChI is InChI=1S/C20H18FN3O3/c21-14-6-8-16(9-7-14)23-11-17(12-25)24-19(20(23)26)10-15(22-24)13-27-18-4-2-1-3-5-18/h1-10,17,25H,11-13H2. The number of aliphatic hydroxyl groups is 1. The van der Waals surface area contributed by atoms with Crippen LogP contribution < -0.4 is 9.64 Å². The summed E-state index contributed by atoms with van der Waals surface area (Å²) in [6, 6.07) is 16.3. The zero-order valence-electron chi connectivity index (χ0n) is 14.5. The van der Waals surface area contributed by atoms with Crippen molar-refractivity contribution < 1.29 is 19.0 Å². The fraction of sp³-hybridized carbons (Fsp3) is 0.200. The van der Waals surface area contributed by atoms with Gasteiger partial charge in [-0.1, -0.05) is 18.2 Å². The number of fused-ring (bicyclic) bond motifs is 1. The van der Waals surface area contributed by atoms with Gasteiger partial charge in [0.05, 0.1) is 19.2 Å². The Balaban J connectivity index is 1.59. The van der Waals surface area contributed by atoms with Crippen LogP contribution in [-0.4, -0.2) is 33.9 Å². The molecule has 4 rings (SSSR count). The Labute approximate surface area is 155 Å². The zero-order valence-corrected chi connectivity index (χ0v) is 14.5. The van der Waals surface area contributed by atoms with Crippen molar-refractivity contribution in [3.05, 3.63) is 77.9 Å². The molecule has 138 valence electrons. The number of amides is 1. The van der Waals surface area contributed by atoms with Gasteiger partial charge in [0.25, 0.3) is 5.91 Å². The van der Waals surface area contributed by atoms with Crippen molar-refractivity contribution in [3.63, 3.8) is 0 Å². The molecule has 0 fully saturated rings. The predicted molar refractivity (Wildman–Crippen MR) is 97.2 cm³/mol. The molecule has 6 nitrogen and oxygen atoms in total. The first-order chi connectivity index (χ1) is 13.2. The largest absolute Gasteiger partial charge is 0.487 e. The number of carbonyl (C=O) groups is 1. The summed E-state index contributed by atoms with van der Waals surface area (Å²) in [4.78, 5) is 14.4. The van der Waals surface area contributed by atoms with E-state index in [1.165, 1.54) is 17.0 Å². The Morgan fingerprint density at radius 3 is 2.59 bits per heavy atom. The molecule has 1 aliphatic heterocycles. The van der Waals surface area contributed by atoms with Crippen LogP contribution in [0.1, 0.15) is 22.2 Å². The van der Waals surface area contributed by atoms with Crippen molar-refractivity contribution in [3.8, 4) is 5.75 Å². The van der Waals surface area contributed by atoms with E-state index >= 15 is 0 Å². The zero-order chi connectivity index (χ0) is 18.8. The molecule has 27 heavy (non-hydrogen) atoms. The first-order valence-corrected chi connectivity index (χ1v) is 8.60. The summed E-state index contributed by atoms with van der Waals surface area (Å²) in [6.45, 7) is 0.305. The quantitative estimate of drug-likeness (QED) is 0.753. The van der Waals surface area contributed by atoms with Crippen molar-refractivity contribution in [1.29, 1.82) is 0 Å². The summed E-state index contributed by atoms with van der Waals surface area (Å²) in [5.74, 6) is 0.0959. The molecule has 0 saturated carbocycles. The number of ether oxygens (including phenoxy) is 1. The number of hydrogen-bond acceptors (Lipinski definition) is 4. The molecule has 0 bridgehead atoms. The van der Waals surface area contributed by atoms with Crippen LogP contribution in [0, 0.1) is 5.82 Å². The topological polar surface area (TPSA) is 67.6 Å². The first-order valence-electron chi connectivity index (χ1n) is 8.60. The molecule has 1 unspecified atom stereocenters. The van der Waals surface area contributed by atoms with Crippen molar-refractivity contribution >= 4 is 11.6 Å². The molecule has 2 heterocycles. The van der Waals surface area contributed by atoms with E-state index in [2.05, 4.69) is 5.10 Å². The van der Waals surface area contributed by atoms with E-state index < -0.39 is 0 Å². The van der Waals surface area contributed by atoms with Gasteiger partial charge in [0.15, 0.2) is 0 Å². The Morgan fingerprint density at radius 2 is 1.89 bits per heavy atom. The minimum Gasteiger partial charge on any atom is -0.487 e. The van der Waals surface area contributed by atoms with Crippen LogP contribution in [0.5, 0.6) is 5.75 Å². The molecule has 1 atom stereocenters. The molecule has 0 saturated heterocycles. The monoisotopic (exact) mass is 367 g/mol. The number of benzene rings is 2. The van der Waals surface area contributed by atoms with Crippen LogP contribution in [0.4, 0.5) is 10.1 Å². The highest BCUT2D eigenvalue weighted by atomic mass is 19.1. The molecular formula is C20H18FN3O3. The van der Waals surface area contributed by atoms with Gasteiger partial charge in [0.1, 0.15) is 29.6 Å². The molecule has 2 aromatic carbocycles.